The Hall–Kier alpha value is -2.16. The van der Waals surface area contributed by atoms with E-state index >= 15 is 0 Å². The first-order chi connectivity index (χ1) is 13.6. The quantitative estimate of drug-likeness (QED) is 0.371. The second-order valence-corrected chi connectivity index (χ2v) is 7.92. The Labute approximate surface area is 170 Å². The first kappa shape index (κ1) is 23.1. The molecule has 0 bridgehead atoms. The van der Waals surface area contributed by atoms with Crippen molar-refractivity contribution in [1.82, 2.24) is 5.32 Å². The molecule has 160 valence electrons. The lowest BCUT2D eigenvalue weighted by atomic mass is 9.72. The van der Waals surface area contributed by atoms with Crippen molar-refractivity contribution < 1.29 is 32.8 Å². The summed E-state index contributed by atoms with van der Waals surface area (Å²) in [7, 11) is -1.40. The highest BCUT2D eigenvalue weighted by atomic mass is 19.3. The molecule has 9 heteroatoms. The van der Waals surface area contributed by atoms with Crippen molar-refractivity contribution in [2.45, 2.75) is 64.7 Å². The summed E-state index contributed by atoms with van der Waals surface area (Å²) in [6.07, 6.45) is 0.973. The lowest BCUT2D eigenvalue weighted by Gasteiger charge is -2.29. The Kier molecular flexibility index (Phi) is 8.01. The second kappa shape index (κ2) is 10.0. The van der Waals surface area contributed by atoms with Gasteiger partial charge in [0.1, 0.15) is 11.3 Å². The van der Waals surface area contributed by atoms with Gasteiger partial charge in [0, 0.05) is 12.8 Å². The van der Waals surface area contributed by atoms with E-state index in [9.17, 15) is 23.4 Å². The molecule has 1 atom stereocenters. The maximum absolute atomic E-state index is 12.9. The van der Waals surface area contributed by atoms with Crippen molar-refractivity contribution in [2.24, 2.45) is 5.92 Å². The largest absolute Gasteiger partial charge is 0.547 e. The summed E-state index contributed by atoms with van der Waals surface area (Å²) in [5, 5.41) is 12.8. The number of hydrogen-bond acceptors (Lipinski definition) is 5. The highest BCUT2D eigenvalue weighted by Crippen LogP contribution is 2.31. The van der Waals surface area contributed by atoms with Crippen molar-refractivity contribution >= 4 is 19.0 Å². The number of carbonyl (C=O) groups excluding carboxylic acids is 2. The molecule has 0 saturated heterocycles. The summed E-state index contributed by atoms with van der Waals surface area (Å²) in [6, 6.07) is 4.94. The Morgan fingerprint density at radius 2 is 2.14 bits per heavy atom. The van der Waals surface area contributed by atoms with Crippen molar-refractivity contribution in [2.75, 3.05) is 6.61 Å². The average Bonchev–Trinajstić information content (AvgIpc) is 2.63. The molecular weight excluding hydrogens is 383 g/mol. The molecule has 1 aliphatic heterocycles. The number of alkyl halides is 2. The fraction of sp³-hybridized carbons (Fsp3) is 0.600. The van der Waals surface area contributed by atoms with Gasteiger partial charge in [-0.2, -0.15) is 0 Å². The predicted octanol–water partition coefficient (Wildman–Crippen LogP) is 3.15. The maximum Gasteiger partial charge on any atom is 0.547 e. The van der Waals surface area contributed by atoms with Gasteiger partial charge in [0.2, 0.25) is 11.8 Å². The number of hydrogen-bond donors (Lipinski definition) is 2. The van der Waals surface area contributed by atoms with Crippen LogP contribution in [0.5, 0.6) is 5.75 Å². The number of amides is 1. The minimum absolute atomic E-state index is 0.208. The van der Waals surface area contributed by atoms with Crippen molar-refractivity contribution in [3.05, 3.63) is 29.3 Å². The van der Waals surface area contributed by atoms with E-state index in [0.717, 1.165) is 19.8 Å². The number of esters is 1. The van der Waals surface area contributed by atoms with Gasteiger partial charge in [-0.05, 0) is 43.7 Å². The summed E-state index contributed by atoms with van der Waals surface area (Å²) < 4.78 is 36.6. The topological polar surface area (TPSA) is 84.9 Å². The van der Waals surface area contributed by atoms with Crippen LogP contribution in [0.1, 0.15) is 62.4 Å². The number of ether oxygens (including phenoxy) is 1. The Morgan fingerprint density at radius 3 is 2.79 bits per heavy atom. The van der Waals surface area contributed by atoms with Gasteiger partial charge in [-0.25, -0.2) is 13.6 Å². The van der Waals surface area contributed by atoms with Gasteiger partial charge < -0.3 is 19.7 Å². The van der Waals surface area contributed by atoms with Crippen molar-refractivity contribution in [1.29, 1.82) is 0 Å². The lowest BCUT2D eigenvalue weighted by Crippen LogP contribution is -2.53. The van der Waals surface area contributed by atoms with E-state index in [2.05, 4.69) is 19.2 Å². The van der Waals surface area contributed by atoms with Gasteiger partial charge in [-0.1, -0.05) is 26.0 Å². The van der Waals surface area contributed by atoms with Gasteiger partial charge in [0.25, 0.3) is 0 Å². The van der Waals surface area contributed by atoms with Gasteiger partial charge in [0.05, 0.1) is 12.5 Å². The first-order valence-corrected chi connectivity index (χ1v) is 9.87. The summed E-state index contributed by atoms with van der Waals surface area (Å²) in [6.45, 7) is 5.23. The smallest absolute Gasteiger partial charge is 0.534 e. The predicted molar refractivity (Wildman–Crippen MR) is 105 cm³/mol. The number of rotatable bonds is 9. The molecule has 1 heterocycles. The summed E-state index contributed by atoms with van der Waals surface area (Å²) in [5.41, 5.74) is 0.833. The van der Waals surface area contributed by atoms with E-state index in [1.54, 1.807) is 18.2 Å². The number of para-hydroxylation sites is 1. The average molecular weight is 411 g/mol. The minimum Gasteiger partial charge on any atom is -0.534 e. The summed E-state index contributed by atoms with van der Waals surface area (Å²) in [4.78, 5) is 24.3. The SMILES string of the molecule is CC(C)CCCOC(=O)c1cccc2c1OB(O)[C@@H](NC(=O)CCC(C)(F)F)C2. The van der Waals surface area contributed by atoms with Gasteiger partial charge in [-0.15, -0.1) is 0 Å². The van der Waals surface area contributed by atoms with Crippen LogP contribution in [0.3, 0.4) is 0 Å². The summed E-state index contributed by atoms with van der Waals surface area (Å²) in [5.74, 6) is -4.12. The third kappa shape index (κ3) is 7.31. The molecule has 6 nitrogen and oxygen atoms in total. The zero-order valence-electron chi connectivity index (χ0n) is 17.0. The third-order valence-electron chi connectivity index (χ3n) is 4.64. The maximum atomic E-state index is 12.9. The Morgan fingerprint density at radius 1 is 1.41 bits per heavy atom. The summed E-state index contributed by atoms with van der Waals surface area (Å²) >= 11 is 0. The van der Waals surface area contributed by atoms with Crippen LogP contribution >= 0.6 is 0 Å². The highest BCUT2D eigenvalue weighted by Gasteiger charge is 2.38. The van der Waals surface area contributed by atoms with Crippen LogP contribution in [0.2, 0.25) is 0 Å². The van der Waals surface area contributed by atoms with Crippen LogP contribution in [0.15, 0.2) is 18.2 Å². The molecule has 0 spiro atoms. The molecule has 0 saturated carbocycles. The van der Waals surface area contributed by atoms with E-state index in [1.165, 1.54) is 0 Å². The molecule has 1 aromatic rings. The van der Waals surface area contributed by atoms with Crippen molar-refractivity contribution in [3.63, 3.8) is 0 Å². The fourth-order valence-electron chi connectivity index (χ4n) is 3.05. The highest BCUT2D eigenvalue weighted by molar-refractivity contribution is 6.47. The van der Waals surface area contributed by atoms with E-state index in [1.807, 2.05) is 0 Å². The van der Waals surface area contributed by atoms with E-state index < -0.39 is 37.3 Å². The van der Waals surface area contributed by atoms with Crippen molar-refractivity contribution in [3.8, 4) is 5.75 Å². The second-order valence-electron chi connectivity index (χ2n) is 7.92. The molecule has 0 aliphatic carbocycles. The Bertz CT molecular complexity index is 723. The monoisotopic (exact) mass is 411 g/mol. The van der Waals surface area contributed by atoms with Crippen LogP contribution < -0.4 is 9.97 Å². The van der Waals surface area contributed by atoms with Gasteiger partial charge in [0.15, 0.2) is 0 Å². The molecule has 2 rings (SSSR count). The molecule has 2 N–H and O–H groups in total. The van der Waals surface area contributed by atoms with Crippen LogP contribution in [0, 0.1) is 5.92 Å². The van der Waals surface area contributed by atoms with E-state index in [4.69, 9.17) is 9.39 Å². The van der Waals surface area contributed by atoms with Crippen LogP contribution in [0.25, 0.3) is 0 Å². The van der Waals surface area contributed by atoms with Crippen LogP contribution in [-0.4, -0.2) is 42.5 Å². The zero-order chi connectivity index (χ0) is 21.6. The molecule has 1 amide bonds. The molecular formula is C20H28BF2NO5. The number of fused-ring (bicyclic) bond motifs is 1. The van der Waals surface area contributed by atoms with Gasteiger partial charge >= 0.3 is 13.1 Å². The number of carbonyl (C=O) groups is 2. The fourth-order valence-corrected chi connectivity index (χ4v) is 3.05. The number of halogens is 2. The van der Waals surface area contributed by atoms with Gasteiger partial charge in [-0.3, -0.25) is 4.79 Å². The molecule has 1 aromatic carbocycles. The number of nitrogens with one attached hydrogen (secondary N) is 1. The minimum atomic E-state index is -2.93. The zero-order valence-corrected chi connectivity index (χ0v) is 17.0. The molecule has 0 radical (unpaired) electrons. The lowest BCUT2D eigenvalue weighted by molar-refractivity contribution is -0.123. The van der Waals surface area contributed by atoms with Crippen LogP contribution in [0.4, 0.5) is 8.78 Å². The molecule has 0 aromatic heterocycles. The third-order valence-corrected chi connectivity index (χ3v) is 4.64. The standard InChI is InChI=1S/C20H28BF2NO5/c1-13(2)6-5-11-28-19(26)15-8-4-7-14-12-16(21(27)29-18(14)15)24-17(25)9-10-20(3,22)23/h4,7-8,13,16,27H,5-6,9-12H2,1-3H3,(H,24,25)/t16-/m0/s1. The molecule has 1 aliphatic rings. The molecule has 0 unspecified atom stereocenters. The Balaban J connectivity index is 1.99. The van der Waals surface area contributed by atoms with E-state index in [0.29, 0.717) is 18.1 Å². The molecule has 29 heavy (non-hydrogen) atoms. The number of benzene rings is 1. The normalized spacial score (nSPS) is 16.2. The molecule has 0 fully saturated rings. The van der Waals surface area contributed by atoms with Crippen LogP contribution in [-0.2, 0) is 16.0 Å². The van der Waals surface area contributed by atoms with E-state index in [-0.39, 0.29) is 24.2 Å². The first-order valence-electron chi connectivity index (χ1n) is 9.87.